The summed E-state index contributed by atoms with van der Waals surface area (Å²) in [4.78, 5) is 29.8. The number of alkyl halides is 3. The zero-order chi connectivity index (χ0) is 18.1. The average molecular weight is 348 g/mol. The van der Waals surface area contributed by atoms with Crippen LogP contribution in [0.25, 0.3) is 0 Å². The summed E-state index contributed by atoms with van der Waals surface area (Å²) >= 11 is 0. The number of piperazine rings is 1. The molecule has 0 saturated carbocycles. The molecule has 24 heavy (non-hydrogen) atoms. The SMILES string of the molecule is CC(=O)N1CCN(C(=O)C[C@@](O)(c2nccn2C)C(F)(F)F)CC1. The minimum atomic E-state index is -5.05. The van der Waals surface area contributed by atoms with E-state index < -0.39 is 29.9 Å². The van der Waals surface area contributed by atoms with Crippen molar-refractivity contribution in [2.75, 3.05) is 26.2 Å². The predicted molar refractivity (Wildman–Crippen MR) is 76.6 cm³/mol. The van der Waals surface area contributed by atoms with Crippen LogP contribution in [-0.2, 0) is 22.2 Å². The number of carbonyl (C=O) groups excluding carboxylic acids is 2. The van der Waals surface area contributed by atoms with Crippen LogP contribution < -0.4 is 0 Å². The molecule has 0 unspecified atom stereocenters. The maximum Gasteiger partial charge on any atom is 0.425 e. The number of amides is 2. The number of imidazole rings is 1. The van der Waals surface area contributed by atoms with Crippen LogP contribution in [0.5, 0.6) is 0 Å². The second-order valence-corrected chi connectivity index (χ2v) is 5.78. The van der Waals surface area contributed by atoms with E-state index in [9.17, 15) is 27.9 Å². The maximum absolute atomic E-state index is 13.4. The standard InChI is InChI=1S/C14H19F3N4O3/c1-10(22)20-5-7-21(8-6-20)11(23)9-13(24,14(15,16)17)12-18-3-4-19(12)2/h3-4,24H,5-9H2,1-2H3/t13-/m1/s1. The zero-order valence-electron chi connectivity index (χ0n) is 13.4. The Morgan fingerprint density at radius 3 is 2.17 bits per heavy atom. The minimum Gasteiger partial charge on any atom is -0.374 e. The van der Waals surface area contributed by atoms with E-state index >= 15 is 0 Å². The lowest BCUT2D eigenvalue weighted by atomic mass is 9.96. The molecular weight excluding hydrogens is 329 g/mol. The summed E-state index contributed by atoms with van der Waals surface area (Å²) < 4.78 is 41.3. The molecule has 1 aromatic heterocycles. The van der Waals surface area contributed by atoms with Crippen LogP contribution >= 0.6 is 0 Å². The molecule has 0 aliphatic carbocycles. The van der Waals surface area contributed by atoms with Crippen molar-refractivity contribution in [1.29, 1.82) is 0 Å². The number of aryl methyl sites for hydroxylation is 1. The molecule has 0 radical (unpaired) electrons. The Hall–Kier alpha value is -2.10. The molecule has 2 heterocycles. The molecular formula is C14H19F3N4O3. The number of hydrogen-bond donors (Lipinski definition) is 1. The second kappa shape index (κ2) is 6.42. The highest BCUT2D eigenvalue weighted by atomic mass is 19.4. The van der Waals surface area contributed by atoms with Crippen LogP contribution in [0.3, 0.4) is 0 Å². The lowest BCUT2D eigenvalue weighted by Crippen LogP contribution is -2.53. The van der Waals surface area contributed by atoms with Gasteiger partial charge in [0.2, 0.25) is 17.4 Å². The third-order valence-corrected chi connectivity index (χ3v) is 4.14. The third-order valence-electron chi connectivity index (χ3n) is 4.14. The molecule has 1 aliphatic heterocycles. The molecule has 10 heteroatoms. The van der Waals surface area contributed by atoms with E-state index in [4.69, 9.17) is 0 Å². The molecule has 0 spiro atoms. The summed E-state index contributed by atoms with van der Waals surface area (Å²) in [6, 6.07) is 0. The van der Waals surface area contributed by atoms with Gasteiger partial charge >= 0.3 is 6.18 Å². The van der Waals surface area contributed by atoms with Gasteiger partial charge in [0, 0.05) is 52.5 Å². The van der Waals surface area contributed by atoms with Crippen LogP contribution in [0.15, 0.2) is 12.4 Å². The Labute approximate surface area is 136 Å². The highest BCUT2D eigenvalue weighted by molar-refractivity contribution is 5.78. The number of nitrogens with zero attached hydrogens (tertiary/aromatic N) is 4. The van der Waals surface area contributed by atoms with Crippen molar-refractivity contribution in [2.45, 2.75) is 25.1 Å². The van der Waals surface area contributed by atoms with Crippen molar-refractivity contribution >= 4 is 11.8 Å². The molecule has 2 rings (SSSR count). The number of hydrogen-bond acceptors (Lipinski definition) is 4. The van der Waals surface area contributed by atoms with E-state index in [1.807, 2.05) is 0 Å². The number of carbonyl (C=O) groups is 2. The first-order valence-electron chi connectivity index (χ1n) is 7.36. The van der Waals surface area contributed by atoms with Gasteiger partial charge in [-0.1, -0.05) is 0 Å². The Bertz CT molecular complexity index is 623. The van der Waals surface area contributed by atoms with Crippen LogP contribution in [-0.4, -0.2) is 68.6 Å². The first-order chi connectivity index (χ1) is 11.1. The van der Waals surface area contributed by atoms with Gasteiger partial charge in [-0.25, -0.2) is 4.98 Å². The summed E-state index contributed by atoms with van der Waals surface area (Å²) in [5.74, 6) is -1.62. The van der Waals surface area contributed by atoms with Crippen molar-refractivity contribution in [1.82, 2.24) is 19.4 Å². The van der Waals surface area contributed by atoms with Gasteiger partial charge in [0.1, 0.15) is 0 Å². The van der Waals surface area contributed by atoms with Crippen molar-refractivity contribution in [2.24, 2.45) is 7.05 Å². The van der Waals surface area contributed by atoms with E-state index in [2.05, 4.69) is 4.98 Å². The molecule has 2 amide bonds. The van der Waals surface area contributed by atoms with Crippen molar-refractivity contribution in [3.8, 4) is 0 Å². The molecule has 1 atom stereocenters. The van der Waals surface area contributed by atoms with Crippen LogP contribution in [0, 0.1) is 0 Å². The fraction of sp³-hybridized carbons (Fsp3) is 0.643. The van der Waals surface area contributed by atoms with E-state index in [-0.39, 0.29) is 32.1 Å². The number of aliphatic hydroxyl groups is 1. The monoisotopic (exact) mass is 348 g/mol. The Morgan fingerprint density at radius 1 is 1.21 bits per heavy atom. The fourth-order valence-corrected chi connectivity index (χ4v) is 2.67. The highest BCUT2D eigenvalue weighted by Gasteiger charge is 2.59. The van der Waals surface area contributed by atoms with E-state index in [0.29, 0.717) is 0 Å². The molecule has 1 aliphatic rings. The Kier molecular flexibility index (Phi) is 4.88. The summed E-state index contributed by atoms with van der Waals surface area (Å²) in [6.07, 6.45) is -3.81. The average Bonchev–Trinajstić information content (AvgIpc) is 2.92. The van der Waals surface area contributed by atoms with Crippen LogP contribution in [0.1, 0.15) is 19.2 Å². The molecule has 1 saturated heterocycles. The summed E-state index contributed by atoms with van der Waals surface area (Å²) in [5, 5.41) is 10.2. The van der Waals surface area contributed by atoms with Crippen molar-refractivity contribution in [3.63, 3.8) is 0 Å². The van der Waals surface area contributed by atoms with Gasteiger partial charge in [-0.3, -0.25) is 9.59 Å². The topological polar surface area (TPSA) is 78.7 Å². The number of halogens is 3. The number of rotatable bonds is 3. The molecule has 7 nitrogen and oxygen atoms in total. The van der Waals surface area contributed by atoms with Gasteiger partial charge in [0.25, 0.3) is 0 Å². The van der Waals surface area contributed by atoms with Crippen molar-refractivity contribution < 1.29 is 27.9 Å². The van der Waals surface area contributed by atoms with Crippen LogP contribution in [0.2, 0.25) is 0 Å². The van der Waals surface area contributed by atoms with Gasteiger partial charge in [0.15, 0.2) is 5.82 Å². The second-order valence-electron chi connectivity index (χ2n) is 5.78. The van der Waals surface area contributed by atoms with Gasteiger partial charge in [0.05, 0.1) is 6.42 Å². The van der Waals surface area contributed by atoms with Gasteiger partial charge < -0.3 is 19.5 Å². The third kappa shape index (κ3) is 3.37. The van der Waals surface area contributed by atoms with Gasteiger partial charge in [-0.2, -0.15) is 13.2 Å². The Balaban J connectivity index is 2.15. The quantitative estimate of drug-likeness (QED) is 0.849. The molecule has 0 bridgehead atoms. The first-order valence-corrected chi connectivity index (χ1v) is 7.36. The summed E-state index contributed by atoms with van der Waals surface area (Å²) in [5.41, 5.74) is -3.36. The number of aromatic nitrogens is 2. The van der Waals surface area contributed by atoms with Gasteiger partial charge in [-0.15, -0.1) is 0 Å². The molecule has 1 aromatic rings. The normalized spacial score (nSPS) is 18.4. The minimum absolute atomic E-state index is 0.132. The first kappa shape index (κ1) is 18.2. The Morgan fingerprint density at radius 2 is 1.75 bits per heavy atom. The van der Waals surface area contributed by atoms with E-state index in [1.54, 1.807) is 0 Å². The van der Waals surface area contributed by atoms with Crippen molar-refractivity contribution in [3.05, 3.63) is 18.2 Å². The summed E-state index contributed by atoms with van der Waals surface area (Å²) in [7, 11) is 1.31. The molecule has 1 fully saturated rings. The lowest BCUT2D eigenvalue weighted by molar-refractivity contribution is -0.272. The van der Waals surface area contributed by atoms with E-state index in [1.165, 1.54) is 30.0 Å². The van der Waals surface area contributed by atoms with E-state index in [0.717, 1.165) is 10.8 Å². The molecule has 1 N–H and O–H groups in total. The smallest absolute Gasteiger partial charge is 0.374 e. The maximum atomic E-state index is 13.4. The fourth-order valence-electron chi connectivity index (χ4n) is 2.67. The summed E-state index contributed by atoms with van der Waals surface area (Å²) in [6.45, 7) is 2.17. The predicted octanol–water partition coefficient (Wildman–Crippen LogP) is 0.251. The van der Waals surface area contributed by atoms with Gasteiger partial charge in [-0.05, 0) is 0 Å². The zero-order valence-corrected chi connectivity index (χ0v) is 13.4. The largest absolute Gasteiger partial charge is 0.425 e. The molecule has 134 valence electrons. The van der Waals surface area contributed by atoms with Crippen LogP contribution in [0.4, 0.5) is 13.2 Å². The highest BCUT2D eigenvalue weighted by Crippen LogP contribution is 2.41. The lowest BCUT2D eigenvalue weighted by Gasteiger charge is -2.36. The molecule has 0 aromatic carbocycles.